The Balaban J connectivity index is 1.44. The molecule has 45 heavy (non-hydrogen) atoms. The topological polar surface area (TPSA) is 97.8 Å². The maximum absolute atomic E-state index is 13.8. The molecule has 4 heterocycles. The lowest BCUT2D eigenvalue weighted by Gasteiger charge is -2.28. The Hall–Kier alpha value is -4.43. The standard InChI is InChI=1S/C37H39N3O5/c1-22-17-32-26(10-12-31(38-32)30-18-23(2)45-24(30)3)19-29(22)36-35(25-7-5-4-6-8-25)28-11-9-27(37(42)43)20-33(28)40(36)21-34(41)39-13-15-44-16-14-39/h9-12,17-20,25H,4-8,13-16,21H2,1-3H3,(H,42,43). The van der Waals surface area contributed by atoms with E-state index in [-0.39, 0.29) is 18.0 Å². The zero-order chi connectivity index (χ0) is 31.2. The van der Waals surface area contributed by atoms with Crippen LogP contribution >= 0.6 is 0 Å². The predicted octanol–water partition coefficient (Wildman–Crippen LogP) is 7.65. The van der Waals surface area contributed by atoms with Gasteiger partial charge in [0.05, 0.1) is 41.2 Å². The number of aromatic carboxylic acids is 1. The number of carboxylic acid groups (broad SMARTS) is 1. The Morgan fingerprint density at radius 2 is 1.71 bits per heavy atom. The van der Waals surface area contributed by atoms with Crippen LogP contribution in [-0.4, -0.2) is 57.7 Å². The highest BCUT2D eigenvalue weighted by atomic mass is 16.5. The summed E-state index contributed by atoms with van der Waals surface area (Å²) in [6, 6.07) is 15.9. The number of hydrogen-bond acceptors (Lipinski definition) is 5. The highest BCUT2D eigenvalue weighted by Gasteiger charge is 2.30. The van der Waals surface area contributed by atoms with Crippen molar-refractivity contribution in [2.75, 3.05) is 26.3 Å². The van der Waals surface area contributed by atoms with Crippen LogP contribution in [0.25, 0.3) is 44.3 Å². The van der Waals surface area contributed by atoms with Gasteiger partial charge in [0, 0.05) is 35.0 Å². The zero-order valence-electron chi connectivity index (χ0n) is 26.2. The maximum atomic E-state index is 13.8. The monoisotopic (exact) mass is 605 g/mol. The minimum Gasteiger partial charge on any atom is -0.478 e. The Kier molecular flexibility index (Phi) is 7.69. The van der Waals surface area contributed by atoms with Crippen LogP contribution in [-0.2, 0) is 16.1 Å². The molecular weight excluding hydrogens is 566 g/mol. The van der Waals surface area contributed by atoms with E-state index in [0.717, 1.165) is 87.1 Å². The highest BCUT2D eigenvalue weighted by molar-refractivity contribution is 6.00. The number of amides is 1. The van der Waals surface area contributed by atoms with Gasteiger partial charge < -0.3 is 23.7 Å². The van der Waals surface area contributed by atoms with Gasteiger partial charge in [0.15, 0.2) is 0 Å². The molecule has 1 aliphatic heterocycles. The van der Waals surface area contributed by atoms with Gasteiger partial charge in [0.2, 0.25) is 5.91 Å². The summed E-state index contributed by atoms with van der Waals surface area (Å²) in [5, 5.41) is 12.0. The summed E-state index contributed by atoms with van der Waals surface area (Å²) in [4.78, 5) is 32.8. The molecule has 2 fully saturated rings. The van der Waals surface area contributed by atoms with Crippen molar-refractivity contribution in [3.8, 4) is 22.5 Å². The third-order valence-corrected chi connectivity index (χ3v) is 9.63. The van der Waals surface area contributed by atoms with Crippen LogP contribution in [0, 0.1) is 20.8 Å². The second kappa shape index (κ2) is 11.8. The molecule has 0 radical (unpaired) electrons. The van der Waals surface area contributed by atoms with Crippen molar-refractivity contribution in [3.05, 3.63) is 76.7 Å². The summed E-state index contributed by atoms with van der Waals surface area (Å²) in [6.45, 7) is 8.31. The molecule has 2 aromatic carbocycles. The van der Waals surface area contributed by atoms with Crippen LogP contribution < -0.4 is 0 Å². The van der Waals surface area contributed by atoms with Crippen molar-refractivity contribution in [2.24, 2.45) is 0 Å². The molecule has 3 aromatic heterocycles. The van der Waals surface area contributed by atoms with Gasteiger partial charge in [-0.05, 0) is 87.1 Å². The molecule has 7 rings (SSSR count). The Morgan fingerprint density at radius 3 is 2.42 bits per heavy atom. The van der Waals surface area contributed by atoms with E-state index in [1.807, 2.05) is 36.9 Å². The van der Waals surface area contributed by atoms with E-state index in [1.54, 1.807) is 12.1 Å². The third kappa shape index (κ3) is 5.41. The molecule has 8 nitrogen and oxygen atoms in total. The SMILES string of the molecule is Cc1cc(-c2ccc3cc(-c4c(C5CCCCC5)c5ccc(C(=O)O)cc5n4CC(=O)N4CCOCC4)c(C)cc3n2)c(C)o1. The number of nitrogens with zero attached hydrogens (tertiary/aromatic N) is 3. The first-order valence-electron chi connectivity index (χ1n) is 16.0. The first kappa shape index (κ1) is 29.3. The average Bonchev–Trinajstić information content (AvgIpc) is 3.56. The first-order chi connectivity index (χ1) is 21.8. The largest absolute Gasteiger partial charge is 0.478 e. The normalized spacial score (nSPS) is 16.1. The first-order valence-corrected chi connectivity index (χ1v) is 16.0. The van der Waals surface area contributed by atoms with Gasteiger partial charge in [0.25, 0.3) is 0 Å². The maximum Gasteiger partial charge on any atom is 0.335 e. The number of fused-ring (bicyclic) bond motifs is 2. The number of pyridine rings is 1. The summed E-state index contributed by atoms with van der Waals surface area (Å²) in [5.41, 5.74) is 8.14. The van der Waals surface area contributed by atoms with E-state index in [0.29, 0.717) is 32.2 Å². The fraction of sp³-hybridized carbons (Fsp3) is 0.378. The zero-order valence-corrected chi connectivity index (χ0v) is 26.2. The summed E-state index contributed by atoms with van der Waals surface area (Å²) in [5.74, 6) is 1.07. The van der Waals surface area contributed by atoms with E-state index >= 15 is 0 Å². The molecule has 5 aromatic rings. The molecule has 1 saturated carbocycles. The van der Waals surface area contributed by atoms with Crippen LogP contribution in [0.4, 0.5) is 0 Å². The Morgan fingerprint density at radius 1 is 0.933 bits per heavy atom. The molecule has 0 atom stereocenters. The second-order valence-corrected chi connectivity index (χ2v) is 12.6. The number of carboxylic acids is 1. The van der Waals surface area contributed by atoms with Gasteiger partial charge >= 0.3 is 5.97 Å². The Labute approximate surface area is 262 Å². The molecular formula is C37H39N3O5. The molecule has 0 spiro atoms. The number of carbonyl (C=O) groups is 2. The summed E-state index contributed by atoms with van der Waals surface area (Å²) in [6.07, 6.45) is 5.69. The van der Waals surface area contributed by atoms with Crippen LogP contribution in [0.1, 0.15) is 71.0 Å². The number of aryl methyl sites for hydroxylation is 3. The van der Waals surface area contributed by atoms with Crippen molar-refractivity contribution in [1.29, 1.82) is 0 Å². The van der Waals surface area contributed by atoms with Crippen molar-refractivity contribution in [3.63, 3.8) is 0 Å². The molecule has 1 amide bonds. The number of aromatic nitrogens is 2. The highest BCUT2D eigenvalue weighted by Crippen LogP contribution is 2.46. The predicted molar refractivity (Wildman–Crippen MR) is 175 cm³/mol. The summed E-state index contributed by atoms with van der Waals surface area (Å²) >= 11 is 0. The summed E-state index contributed by atoms with van der Waals surface area (Å²) in [7, 11) is 0. The second-order valence-electron chi connectivity index (χ2n) is 12.6. The molecule has 1 N–H and O–H groups in total. The van der Waals surface area contributed by atoms with Gasteiger partial charge in [-0.1, -0.05) is 31.4 Å². The van der Waals surface area contributed by atoms with E-state index in [2.05, 4.69) is 29.7 Å². The van der Waals surface area contributed by atoms with Crippen molar-refractivity contribution >= 4 is 33.7 Å². The van der Waals surface area contributed by atoms with E-state index in [9.17, 15) is 14.7 Å². The smallest absolute Gasteiger partial charge is 0.335 e. The summed E-state index contributed by atoms with van der Waals surface area (Å²) < 4.78 is 13.4. The number of benzene rings is 2. The molecule has 232 valence electrons. The fourth-order valence-electron chi connectivity index (χ4n) is 7.38. The number of rotatable bonds is 6. The lowest BCUT2D eigenvalue weighted by atomic mass is 9.81. The van der Waals surface area contributed by atoms with Gasteiger partial charge in [-0.3, -0.25) is 4.79 Å². The van der Waals surface area contributed by atoms with Crippen molar-refractivity contribution in [2.45, 2.75) is 65.3 Å². The molecule has 2 aliphatic rings. The number of morpholine rings is 1. The van der Waals surface area contributed by atoms with E-state index in [4.69, 9.17) is 14.1 Å². The van der Waals surface area contributed by atoms with Crippen LogP contribution in [0.15, 0.2) is 52.9 Å². The van der Waals surface area contributed by atoms with E-state index in [1.165, 1.54) is 12.0 Å². The van der Waals surface area contributed by atoms with Gasteiger partial charge in [-0.25, -0.2) is 9.78 Å². The number of ether oxygens (including phenoxy) is 1. The molecule has 8 heteroatoms. The minimum absolute atomic E-state index is 0.0166. The quantitative estimate of drug-likeness (QED) is 0.214. The number of carbonyl (C=O) groups excluding carboxylic acids is 1. The van der Waals surface area contributed by atoms with Crippen LogP contribution in [0.2, 0.25) is 0 Å². The Bertz CT molecular complexity index is 1940. The van der Waals surface area contributed by atoms with Gasteiger partial charge in [-0.15, -0.1) is 0 Å². The van der Waals surface area contributed by atoms with Crippen molar-refractivity contribution in [1.82, 2.24) is 14.5 Å². The average molecular weight is 606 g/mol. The number of furan rings is 1. The van der Waals surface area contributed by atoms with E-state index < -0.39 is 5.97 Å². The number of hydrogen-bond donors (Lipinski definition) is 1. The lowest BCUT2D eigenvalue weighted by molar-refractivity contribution is -0.135. The molecule has 0 bridgehead atoms. The fourth-order valence-corrected chi connectivity index (χ4v) is 7.38. The molecule has 1 aliphatic carbocycles. The molecule has 1 saturated heterocycles. The molecule has 0 unspecified atom stereocenters. The third-order valence-electron chi connectivity index (χ3n) is 9.63. The minimum atomic E-state index is -0.975. The van der Waals surface area contributed by atoms with Crippen molar-refractivity contribution < 1.29 is 23.8 Å². The van der Waals surface area contributed by atoms with Crippen LogP contribution in [0.3, 0.4) is 0 Å². The van der Waals surface area contributed by atoms with Gasteiger partial charge in [-0.2, -0.15) is 0 Å². The lowest BCUT2D eigenvalue weighted by Crippen LogP contribution is -2.42. The van der Waals surface area contributed by atoms with Gasteiger partial charge in [0.1, 0.15) is 18.1 Å². The van der Waals surface area contributed by atoms with Crippen LogP contribution in [0.5, 0.6) is 0 Å².